The molecule has 3 heteroatoms. The van der Waals surface area contributed by atoms with Crippen LogP contribution in [0.3, 0.4) is 0 Å². The van der Waals surface area contributed by atoms with Gasteiger partial charge in [0.1, 0.15) is 0 Å². The third-order valence-corrected chi connectivity index (χ3v) is 2.45. The first-order valence-corrected chi connectivity index (χ1v) is 6.84. The van der Waals surface area contributed by atoms with Crippen LogP contribution < -0.4 is 5.32 Å². The van der Waals surface area contributed by atoms with Crippen molar-refractivity contribution in [3.8, 4) is 0 Å². The SMILES string of the molecule is CCCNC(C)CC(C)OCCOC(C)(C)C. The first-order chi connectivity index (χ1) is 7.85. The van der Waals surface area contributed by atoms with Crippen LogP contribution in [0.2, 0.25) is 0 Å². The Morgan fingerprint density at radius 1 is 1.12 bits per heavy atom. The van der Waals surface area contributed by atoms with Gasteiger partial charge in [-0.05, 0) is 54.0 Å². The molecule has 0 aliphatic heterocycles. The fraction of sp³-hybridized carbons (Fsp3) is 1.00. The van der Waals surface area contributed by atoms with Crippen molar-refractivity contribution < 1.29 is 9.47 Å². The lowest BCUT2D eigenvalue weighted by molar-refractivity contribution is -0.0506. The maximum Gasteiger partial charge on any atom is 0.0707 e. The molecule has 0 bridgehead atoms. The molecule has 17 heavy (non-hydrogen) atoms. The lowest BCUT2D eigenvalue weighted by atomic mass is 10.1. The molecule has 0 saturated heterocycles. The average molecular weight is 245 g/mol. The van der Waals surface area contributed by atoms with E-state index in [-0.39, 0.29) is 11.7 Å². The minimum atomic E-state index is -0.0669. The van der Waals surface area contributed by atoms with Crippen LogP contribution in [-0.2, 0) is 9.47 Å². The van der Waals surface area contributed by atoms with Gasteiger partial charge in [-0.2, -0.15) is 0 Å². The van der Waals surface area contributed by atoms with Crippen LogP contribution in [0.25, 0.3) is 0 Å². The highest BCUT2D eigenvalue weighted by molar-refractivity contribution is 4.65. The topological polar surface area (TPSA) is 30.5 Å². The Balaban J connectivity index is 3.49. The second-order valence-electron chi connectivity index (χ2n) is 5.73. The summed E-state index contributed by atoms with van der Waals surface area (Å²) in [6.07, 6.45) is 2.52. The molecule has 104 valence electrons. The van der Waals surface area contributed by atoms with E-state index in [0.29, 0.717) is 19.3 Å². The summed E-state index contributed by atoms with van der Waals surface area (Å²) in [5, 5.41) is 3.47. The maximum atomic E-state index is 5.72. The maximum absolute atomic E-state index is 5.72. The molecule has 1 N–H and O–H groups in total. The Morgan fingerprint density at radius 3 is 2.29 bits per heavy atom. The smallest absolute Gasteiger partial charge is 0.0707 e. The summed E-state index contributed by atoms with van der Waals surface area (Å²) in [4.78, 5) is 0. The lowest BCUT2D eigenvalue weighted by Gasteiger charge is -2.22. The Labute approximate surface area is 107 Å². The van der Waals surface area contributed by atoms with Crippen LogP contribution in [0, 0.1) is 0 Å². The van der Waals surface area contributed by atoms with Crippen molar-refractivity contribution in [2.24, 2.45) is 0 Å². The molecule has 0 amide bonds. The van der Waals surface area contributed by atoms with Crippen molar-refractivity contribution >= 4 is 0 Å². The quantitative estimate of drug-likeness (QED) is 0.633. The number of rotatable bonds is 9. The van der Waals surface area contributed by atoms with Crippen LogP contribution in [0.15, 0.2) is 0 Å². The van der Waals surface area contributed by atoms with Crippen molar-refractivity contribution in [2.45, 2.75) is 72.1 Å². The van der Waals surface area contributed by atoms with Crippen molar-refractivity contribution in [3.05, 3.63) is 0 Å². The van der Waals surface area contributed by atoms with E-state index >= 15 is 0 Å². The summed E-state index contributed by atoms with van der Waals surface area (Å²) in [5.74, 6) is 0. The molecule has 0 aliphatic rings. The van der Waals surface area contributed by atoms with Gasteiger partial charge in [0.25, 0.3) is 0 Å². The number of nitrogens with one attached hydrogen (secondary N) is 1. The largest absolute Gasteiger partial charge is 0.376 e. The van der Waals surface area contributed by atoms with Crippen molar-refractivity contribution in [3.63, 3.8) is 0 Å². The third-order valence-electron chi connectivity index (χ3n) is 2.45. The van der Waals surface area contributed by atoms with Crippen LogP contribution in [-0.4, -0.2) is 37.5 Å². The zero-order valence-corrected chi connectivity index (χ0v) is 12.5. The summed E-state index contributed by atoms with van der Waals surface area (Å²) >= 11 is 0. The van der Waals surface area contributed by atoms with Crippen LogP contribution in [0.4, 0.5) is 0 Å². The predicted molar refractivity (Wildman–Crippen MR) is 73.5 cm³/mol. The highest BCUT2D eigenvalue weighted by Gasteiger charge is 2.11. The van der Waals surface area contributed by atoms with Gasteiger partial charge in [-0.25, -0.2) is 0 Å². The molecule has 2 unspecified atom stereocenters. The second-order valence-corrected chi connectivity index (χ2v) is 5.73. The van der Waals surface area contributed by atoms with Crippen molar-refractivity contribution in [1.29, 1.82) is 0 Å². The molecule has 3 nitrogen and oxygen atoms in total. The van der Waals surface area contributed by atoms with Crippen molar-refractivity contribution in [1.82, 2.24) is 5.32 Å². The Bertz CT molecular complexity index is 178. The van der Waals surface area contributed by atoms with Crippen molar-refractivity contribution in [2.75, 3.05) is 19.8 Å². The van der Waals surface area contributed by atoms with Crippen LogP contribution in [0.1, 0.15) is 54.4 Å². The first kappa shape index (κ1) is 16.9. The molecular weight excluding hydrogens is 214 g/mol. The normalized spacial score (nSPS) is 15.9. The minimum Gasteiger partial charge on any atom is -0.376 e. The predicted octanol–water partition coefficient (Wildman–Crippen LogP) is 2.98. The zero-order chi connectivity index (χ0) is 13.3. The molecule has 0 fully saturated rings. The van der Waals surface area contributed by atoms with Gasteiger partial charge in [-0.15, -0.1) is 0 Å². The summed E-state index contributed by atoms with van der Waals surface area (Å²) in [7, 11) is 0. The van der Waals surface area contributed by atoms with E-state index in [9.17, 15) is 0 Å². The lowest BCUT2D eigenvalue weighted by Crippen LogP contribution is -2.31. The average Bonchev–Trinajstić information content (AvgIpc) is 2.20. The van der Waals surface area contributed by atoms with E-state index in [4.69, 9.17) is 9.47 Å². The molecular formula is C14H31NO2. The monoisotopic (exact) mass is 245 g/mol. The molecule has 0 rings (SSSR count). The van der Waals surface area contributed by atoms with E-state index in [1.807, 2.05) is 0 Å². The molecule has 0 aliphatic carbocycles. The summed E-state index contributed by atoms with van der Waals surface area (Å²) in [5.41, 5.74) is -0.0669. The molecule has 0 saturated carbocycles. The second kappa shape index (κ2) is 8.90. The highest BCUT2D eigenvalue weighted by Crippen LogP contribution is 2.07. The summed E-state index contributed by atoms with van der Waals surface area (Å²) < 4.78 is 11.3. The van der Waals surface area contributed by atoms with E-state index in [2.05, 4.69) is 46.9 Å². The number of hydrogen-bond acceptors (Lipinski definition) is 3. The molecule has 2 atom stereocenters. The fourth-order valence-corrected chi connectivity index (χ4v) is 1.64. The molecule has 0 aromatic heterocycles. The van der Waals surface area contributed by atoms with E-state index in [1.165, 1.54) is 6.42 Å². The molecule has 0 heterocycles. The van der Waals surface area contributed by atoms with E-state index in [1.54, 1.807) is 0 Å². The summed E-state index contributed by atoms with van der Waals surface area (Å²) in [6.45, 7) is 15.1. The third kappa shape index (κ3) is 12.1. The highest BCUT2D eigenvalue weighted by atomic mass is 16.5. The zero-order valence-electron chi connectivity index (χ0n) is 12.5. The first-order valence-electron chi connectivity index (χ1n) is 6.84. The number of ether oxygens (including phenoxy) is 2. The van der Waals surface area contributed by atoms with Gasteiger partial charge in [0.2, 0.25) is 0 Å². The van der Waals surface area contributed by atoms with Gasteiger partial charge >= 0.3 is 0 Å². The Hall–Kier alpha value is -0.120. The fourth-order valence-electron chi connectivity index (χ4n) is 1.64. The number of hydrogen-bond donors (Lipinski definition) is 1. The van der Waals surface area contributed by atoms with Gasteiger partial charge in [0.05, 0.1) is 24.9 Å². The van der Waals surface area contributed by atoms with Gasteiger partial charge < -0.3 is 14.8 Å². The minimum absolute atomic E-state index is 0.0669. The van der Waals surface area contributed by atoms with Gasteiger partial charge in [-0.1, -0.05) is 6.92 Å². The van der Waals surface area contributed by atoms with E-state index in [0.717, 1.165) is 13.0 Å². The Morgan fingerprint density at radius 2 is 1.76 bits per heavy atom. The standard InChI is InChI=1S/C14H31NO2/c1-7-8-15-12(2)11-13(3)16-9-10-17-14(4,5)6/h12-13,15H,7-11H2,1-6H3. The van der Waals surface area contributed by atoms with Gasteiger partial charge in [-0.3, -0.25) is 0 Å². The molecule has 0 aromatic rings. The van der Waals surface area contributed by atoms with Crippen LogP contribution in [0.5, 0.6) is 0 Å². The Kier molecular flexibility index (Phi) is 8.83. The van der Waals surface area contributed by atoms with Gasteiger partial charge in [0.15, 0.2) is 0 Å². The van der Waals surface area contributed by atoms with Crippen LogP contribution >= 0.6 is 0 Å². The molecule has 0 spiro atoms. The summed E-state index contributed by atoms with van der Waals surface area (Å²) in [6, 6.07) is 0.522. The molecule has 0 radical (unpaired) electrons. The van der Waals surface area contributed by atoms with Gasteiger partial charge in [0, 0.05) is 6.04 Å². The van der Waals surface area contributed by atoms with E-state index < -0.39 is 0 Å². The molecule has 0 aromatic carbocycles.